The van der Waals surface area contributed by atoms with Crippen molar-refractivity contribution in [2.75, 3.05) is 0 Å². The van der Waals surface area contributed by atoms with Crippen LogP contribution >= 0.6 is 0 Å². The van der Waals surface area contributed by atoms with Gasteiger partial charge in [-0.1, -0.05) is 29.8 Å². The van der Waals surface area contributed by atoms with Crippen LogP contribution in [0.2, 0.25) is 0 Å². The highest BCUT2D eigenvalue weighted by Gasteiger charge is 2.20. The van der Waals surface area contributed by atoms with E-state index in [1.54, 1.807) is 12.1 Å². The van der Waals surface area contributed by atoms with Gasteiger partial charge in [-0.25, -0.2) is 17.5 Å². The first-order valence-corrected chi connectivity index (χ1v) is 10.2. The van der Waals surface area contributed by atoms with Crippen LogP contribution in [0.1, 0.15) is 27.9 Å². The maximum Gasteiger partial charge on any atom is 0.241 e. The van der Waals surface area contributed by atoms with Crippen LogP contribution in [0.5, 0.6) is 0 Å². The number of hydrogen-bond donors (Lipinski definition) is 1. The first kappa shape index (κ1) is 19.3. The lowest BCUT2D eigenvalue weighted by atomic mass is 10.1. The Morgan fingerprint density at radius 1 is 1.00 bits per heavy atom. The van der Waals surface area contributed by atoms with E-state index in [-0.39, 0.29) is 12.4 Å². The predicted molar refractivity (Wildman–Crippen MR) is 105 cm³/mol. The minimum absolute atomic E-state index is 0.184. The Balaban J connectivity index is 1.78. The van der Waals surface area contributed by atoms with Gasteiger partial charge in [0.1, 0.15) is 5.82 Å². The molecule has 0 bridgehead atoms. The second kappa shape index (κ2) is 7.66. The monoisotopic (exact) mass is 386 g/mol. The van der Waals surface area contributed by atoms with Gasteiger partial charge in [-0.3, -0.25) is 0 Å². The molecule has 3 rings (SSSR count). The molecule has 0 fully saturated rings. The molecule has 3 aromatic rings. The van der Waals surface area contributed by atoms with Gasteiger partial charge in [0.2, 0.25) is 10.0 Å². The van der Waals surface area contributed by atoms with Gasteiger partial charge in [-0.2, -0.15) is 0 Å². The molecule has 4 nitrogen and oxygen atoms in total. The number of hydrogen-bond acceptors (Lipinski definition) is 2. The Labute approximate surface area is 159 Å². The smallest absolute Gasteiger partial charge is 0.241 e. The molecule has 0 spiro atoms. The zero-order valence-electron chi connectivity index (χ0n) is 15.7. The number of nitrogens with zero attached hydrogens (tertiary/aromatic N) is 1. The number of aromatic nitrogens is 1. The standard InChI is InChI=1S/C21H23FN2O2S/c1-15-11-16(2)21(17(3)12-15)27(25,26)23-13-20-5-4-10-24(20)14-18-6-8-19(22)9-7-18/h4-12,23H,13-14H2,1-3H3. The van der Waals surface area contributed by atoms with Crippen molar-refractivity contribution in [1.29, 1.82) is 0 Å². The van der Waals surface area contributed by atoms with Crippen LogP contribution in [0.15, 0.2) is 59.6 Å². The first-order valence-electron chi connectivity index (χ1n) is 8.72. The molecule has 0 aliphatic rings. The predicted octanol–water partition coefficient (Wildman–Crippen LogP) is 4.08. The van der Waals surface area contributed by atoms with E-state index in [9.17, 15) is 12.8 Å². The highest BCUT2D eigenvalue weighted by atomic mass is 32.2. The fraction of sp³-hybridized carbons (Fsp3) is 0.238. The molecule has 1 heterocycles. The molecule has 0 atom stereocenters. The van der Waals surface area contributed by atoms with Gasteiger partial charge in [0.15, 0.2) is 0 Å². The molecule has 1 N–H and O–H groups in total. The van der Waals surface area contributed by atoms with Crippen molar-refractivity contribution in [2.24, 2.45) is 0 Å². The number of benzene rings is 2. The van der Waals surface area contributed by atoms with Crippen molar-refractivity contribution in [2.45, 2.75) is 38.8 Å². The molecule has 0 unspecified atom stereocenters. The summed E-state index contributed by atoms with van der Waals surface area (Å²) in [6.07, 6.45) is 1.88. The molecule has 142 valence electrons. The molecule has 0 aliphatic heterocycles. The van der Waals surface area contributed by atoms with E-state index < -0.39 is 10.0 Å². The minimum atomic E-state index is -3.62. The highest BCUT2D eigenvalue weighted by molar-refractivity contribution is 7.89. The zero-order valence-corrected chi connectivity index (χ0v) is 16.5. The van der Waals surface area contributed by atoms with Crippen LogP contribution in [-0.4, -0.2) is 13.0 Å². The van der Waals surface area contributed by atoms with Gasteiger partial charge in [0.05, 0.1) is 11.4 Å². The van der Waals surface area contributed by atoms with Crippen LogP contribution < -0.4 is 4.72 Å². The molecular formula is C21H23FN2O2S. The molecule has 0 saturated carbocycles. The molecule has 1 aromatic heterocycles. The van der Waals surface area contributed by atoms with Crippen LogP contribution in [-0.2, 0) is 23.1 Å². The van der Waals surface area contributed by atoms with E-state index in [1.165, 1.54) is 12.1 Å². The molecule has 0 aliphatic carbocycles. The van der Waals surface area contributed by atoms with Gasteiger partial charge >= 0.3 is 0 Å². The number of nitrogens with one attached hydrogen (secondary N) is 1. The Kier molecular flexibility index (Phi) is 5.48. The van der Waals surface area contributed by atoms with Crippen molar-refractivity contribution < 1.29 is 12.8 Å². The Bertz CT molecular complexity index is 1030. The van der Waals surface area contributed by atoms with E-state index >= 15 is 0 Å². The quantitative estimate of drug-likeness (QED) is 0.694. The summed E-state index contributed by atoms with van der Waals surface area (Å²) in [5.74, 6) is -0.275. The van der Waals surface area contributed by atoms with E-state index in [0.717, 1.165) is 27.9 Å². The Morgan fingerprint density at radius 3 is 2.26 bits per heavy atom. The van der Waals surface area contributed by atoms with E-state index in [2.05, 4.69) is 4.72 Å². The number of halogens is 1. The largest absolute Gasteiger partial charge is 0.346 e. The van der Waals surface area contributed by atoms with E-state index in [4.69, 9.17) is 0 Å². The summed E-state index contributed by atoms with van der Waals surface area (Å²) >= 11 is 0. The van der Waals surface area contributed by atoms with Crippen molar-refractivity contribution >= 4 is 10.0 Å². The second-order valence-corrected chi connectivity index (χ2v) is 8.51. The van der Waals surface area contributed by atoms with Gasteiger partial charge < -0.3 is 4.57 Å². The summed E-state index contributed by atoms with van der Waals surface area (Å²) in [6.45, 7) is 6.31. The molecule has 0 amide bonds. The van der Waals surface area contributed by atoms with Gasteiger partial charge in [-0.05, 0) is 61.7 Å². The van der Waals surface area contributed by atoms with Crippen LogP contribution in [0.3, 0.4) is 0 Å². The minimum Gasteiger partial charge on any atom is -0.346 e. The summed E-state index contributed by atoms with van der Waals surface area (Å²) in [4.78, 5) is 0.338. The van der Waals surface area contributed by atoms with Crippen molar-refractivity contribution in [3.05, 3.63) is 88.5 Å². The maximum atomic E-state index is 13.1. The summed E-state index contributed by atoms with van der Waals surface area (Å²) in [5, 5.41) is 0. The fourth-order valence-corrected chi connectivity index (χ4v) is 4.83. The normalized spacial score (nSPS) is 11.7. The van der Waals surface area contributed by atoms with Gasteiger partial charge in [0, 0.05) is 18.4 Å². The first-order chi connectivity index (χ1) is 12.8. The summed E-state index contributed by atoms with van der Waals surface area (Å²) in [5.41, 5.74) is 4.30. The molecule has 2 aromatic carbocycles. The fourth-order valence-electron chi connectivity index (χ4n) is 3.38. The summed E-state index contributed by atoms with van der Waals surface area (Å²) < 4.78 is 43.4. The third-order valence-corrected chi connectivity index (χ3v) is 6.21. The Morgan fingerprint density at radius 2 is 1.63 bits per heavy atom. The third-order valence-electron chi connectivity index (χ3n) is 4.51. The lowest BCUT2D eigenvalue weighted by Crippen LogP contribution is -2.26. The highest BCUT2D eigenvalue weighted by Crippen LogP contribution is 2.22. The summed E-state index contributed by atoms with van der Waals surface area (Å²) in [6, 6.07) is 13.8. The molecule has 6 heteroatoms. The van der Waals surface area contributed by atoms with Crippen LogP contribution in [0.4, 0.5) is 4.39 Å². The number of rotatable bonds is 6. The number of aryl methyl sites for hydroxylation is 3. The average molecular weight is 386 g/mol. The van der Waals surface area contributed by atoms with E-state index in [0.29, 0.717) is 11.4 Å². The van der Waals surface area contributed by atoms with Crippen molar-refractivity contribution in [3.8, 4) is 0 Å². The van der Waals surface area contributed by atoms with Crippen LogP contribution in [0.25, 0.3) is 0 Å². The van der Waals surface area contributed by atoms with Gasteiger partial charge in [0.25, 0.3) is 0 Å². The van der Waals surface area contributed by atoms with E-state index in [1.807, 2.05) is 55.8 Å². The molecular weight excluding hydrogens is 363 g/mol. The lowest BCUT2D eigenvalue weighted by molar-refractivity contribution is 0.576. The molecule has 0 saturated heterocycles. The second-order valence-electron chi connectivity index (χ2n) is 6.81. The average Bonchev–Trinajstić information content (AvgIpc) is 3.01. The van der Waals surface area contributed by atoms with Crippen molar-refractivity contribution in [1.82, 2.24) is 9.29 Å². The molecule has 27 heavy (non-hydrogen) atoms. The third kappa shape index (κ3) is 4.46. The summed E-state index contributed by atoms with van der Waals surface area (Å²) in [7, 11) is -3.62. The topological polar surface area (TPSA) is 51.1 Å². The zero-order chi connectivity index (χ0) is 19.6. The number of sulfonamides is 1. The maximum absolute atomic E-state index is 13.1. The lowest BCUT2D eigenvalue weighted by Gasteiger charge is -2.14. The Hall–Kier alpha value is -2.44. The van der Waals surface area contributed by atoms with Gasteiger partial charge in [-0.15, -0.1) is 0 Å². The van der Waals surface area contributed by atoms with Crippen molar-refractivity contribution in [3.63, 3.8) is 0 Å². The molecule has 0 radical (unpaired) electrons. The van der Waals surface area contributed by atoms with Crippen LogP contribution in [0, 0.1) is 26.6 Å². The SMILES string of the molecule is Cc1cc(C)c(S(=O)(=O)NCc2cccn2Cc2ccc(F)cc2)c(C)c1.